The topological polar surface area (TPSA) is 112 Å². The summed E-state index contributed by atoms with van der Waals surface area (Å²) in [5, 5.41) is 11.7. The van der Waals surface area contributed by atoms with Crippen molar-refractivity contribution in [2.75, 3.05) is 26.2 Å². The van der Waals surface area contributed by atoms with Crippen LogP contribution in [0, 0.1) is 10.1 Å². The molecule has 166 valence electrons. The number of thiophene rings is 1. The van der Waals surface area contributed by atoms with Crippen LogP contribution in [0.3, 0.4) is 0 Å². The van der Waals surface area contributed by atoms with E-state index < -0.39 is 4.92 Å². The number of hydrogen-bond acceptors (Lipinski definition) is 7. The molecule has 9 nitrogen and oxygen atoms in total. The number of benzene rings is 1. The highest BCUT2D eigenvalue weighted by atomic mass is 32.1. The maximum atomic E-state index is 12.8. The molecule has 1 aliphatic carbocycles. The molecular weight excluding hydrogens is 430 g/mol. The molecule has 1 fully saturated rings. The lowest BCUT2D eigenvalue weighted by Gasteiger charge is -2.34. The lowest BCUT2D eigenvalue weighted by Crippen LogP contribution is -2.48. The van der Waals surface area contributed by atoms with Gasteiger partial charge in [-0.25, -0.2) is 4.98 Å². The third kappa shape index (κ3) is 3.91. The highest BCUT2D eigenvalue weighted by Gasteiger charge is 2.25. The lowest BCUT2D eigenvalue weighted by atomic mass is 9.97. The van der Waals surface area contributed by atoms with Crippen molar-refractivity contribution in [1.82, 2.24) is 19.8 Å². The molecule has 1 amide bonds. The van der Waals surface area contributed by atoms with E-state index in [1.807, 2.05) is 0 Å². The molecule has 3 heterocycles. The van der Waals surface area contributed by atoms with Crippen LogP contribution in [0.25, 0.3) is 10.2 Å². The summed E-state index contributed by atoms with van der Waals surface area (Å²) in [6.45, 7) is 2.84. The Morgan fingerprint density at radius 3 is 2.75 bits per heavy atom. The maximum Gasteiger partial charge on any atom is 0.270 e. The number of nitrogens with zero attached hydrogens (tertiary/aromatic N) is 4. The van der Waals surface area contributed by atoms with Crippen LogP contribution in [0.1, 0.15) is 39.5 Å². The number of rotatable bonds is 4. The van der Waals surface area contributed by atoms with Crippen LogP contribution in [0.15, 0.2) is 29.1 Å². The van der Waals surface area contributed by atoms with E-state index in [-0.39, 0.29) is 17.2 Å². The molecule has 2 aromatic heterocycles. The first kappa shape index (κ1) is 20.8. The molecule has 0 unspecified atom stereocenters. The van der Waals surface area contributed by atoms with Crippen LogP contribution >= 0.6 is 11.3 Å². The maximum absolute atomic E-state index is 12.8. The van der Waals surface area contributed by atoms with E-state index in [1.54, 1.807) is 22.3 Å². The molecule has 0 spiro atoms. The molecule has 0 saturated carbocycles. The molecule has 1 aromatic carbocycles. The number of aryl methyl sites for hydroxylation is 2. The van der Waals surface area contributed by atoms with E-state index >= 15 is 0 Å². The van der Waals surface area contributed by atoms with E-state index in [4.69, 9.17) is 4.98 Å². The molecule has 0 atom stereocenters. The fourth-order valence-electron chi connectivity index (χ4n) is 4.54. The van der Waals surface area contributed by atoms with Gasteiger partial charge < -0.3 is 9.88 Å². The minimum absolute atomic E-state index is 0.0520. The molecule has 32 heavy (non-hydrogen) atoms. The van der Waals surface area contributed by atoms with Crippen molar-refractivity contribution in [3.05, 3.63) is 66.6 Å². The van der Waals surface area contributed by atoms with E-state index in [2.05, 4.69) is 9.88 Å². The number of nitrogens with one attached hydrogen (secondary N) is 1. The van der Waals surface area contributed by atoms with Gasteiger partial charge in [-0.3, -0.25) is 24.6 Å². The summed E-state index contributed by atoms with van der Waals surface area (Å²) in [7, 11) is 0. The number of H-pyrrole nitrogens is 1. The Morgan fingerprint density at radius 1 is 1.19 bits per heavy atom. The number of nitro groups is 1. The van der Waals surface area contributed by atoms with Crippen molar-refractivity contribution in [2.24, 2.45) is 0 Å². The highest BCUT2D eigenvalue weighted by Crippen LogP contribution is 2.33. The minimum atomic E-state index is -0.497. The van der Waals surface area contributed by atoms with Crippen molar-refractivity contribution in [3.8, 4) is 0 Å². The fraction of sp³-hybridized carbons (Fsp3) is 0.409. The Hall–Kier alpha value is -3.11. The van der Waals surface area contributed by atoms with Gasteiger partial charge in [0.1, 0.15) is 10.7 Å². The Balaban J connectivity index is 1.26. The number of carbonyl (C=O) groups excluding carboxylic acids is 1. The standard InChI is InChI=1S/C22H23N5O4S/c28-20-19-16-6-1-2-7-17(16)32-21(19)24-18(23-20)13-25-8-10-26(11-9-25)22(29)14-4-3-5-15(12-14)27(30)31/h3-5,12H,1-2,6-11,13H2,(H,23,24,28). The number of piperazine rings is 1. The van der Waals surface area contributed by atoms with Gasteiger partial charge in [0.2, 0.25) is 0 Å². The molecule has 1 aliphatic heterocycles. The zero-order chi connectivity index (χ0) is 22.2. The Labute approximate surface area is 187 Å². The smallest absolute Gasteiger partial charge is 0.270 e. The lowest BCUT2D eigenvalue weighted by molar-refractivity contribution is -0.384. The van der Waals surface area contributed by atoms with Gasteiger partial charge in [-0.1, -0.05) is 6.07 Å². The summed E-state index contributed by atoms with van der Waals surface area (Å²) in [6, 6.07) is 5.83. The second kappa shape index (κ2) is 8.44. The number of aromatic amines is 1. The predicted octanol–water partition coefficient (Wildman–Crippen LogP) is 2.73. The highest BCUT2D eigenvalue weighted by molar-refractivity contribution is 7.18. The zero-order valence-electron chi connectivity index (χ0n) is 17.5. The summed E-state index contributed by atoms with van der Waals surface area (Å²) in [5.41, 5.74) is 1.37. The van der Waals surface area contributed by atoms with Crippen LogP contribution in [0.5, 0.6) is 0 Å². The third-order valence-corrected chi connectivity index (χ3v) is 7.40. The van der Waals surface area contributed by atoms with Crippen molar-refractivity contribution in [1.29, 1.82) is 0 Å². The number of aromatic nitrogens is 2. The molecular formula is C22H23N5O4S. The van der Waals surface area contributed by atoms with Crippen LogP contribution in [0.2, 0.25) is 0 Å². The Kier molecular flexibility index (Phi) is 5.48. The molecule has 3 aromatic rings. The zero-order valence-corrected chi connectivity index (χ0v) is 18.3. The monoisotopic (exact) mass is 453 g/mol. The van der Waals surface area contributed by atoms with Gasteiger partial charge in [-0.05, 0) is 37.3 Å². The first-order valence-electron chi connectivity index (χ1n) is 10.8. The van der Waals surface area contributed by atoms with Crippen LogP contribution in [-0.2, 0) is 19.4 Å². The van der Waals surface area contributed by atoms with Gasteiger partial charge in [0.05, 0.1) is 16.9 Å². The van der Waals surface area contributed by atoms with Crippen molar-refractivity contribution < 1.29 is 9.72 Å². The molecule has 1 N–H and O–H groups in total. The fourth-order valence-corrected chi connectivity index (χ4v) is 5.82. The quantitative estimate of drug-likeness (QED) is 0.480. The number of carbonyl (C=O) groups is 1. The van der Waals surface area contributed by atoms with E-state index in [1.165, 1.54) is 35.1 Å². The number of non-ortho nitro benzene ring substituents is 1. The van der Waals surface area contributed by atoms with Crippen LogP contribution < -0.4 is 5.56 Å². The Bertz CT molecular complexity index is 1260. The molecule has 10 heteroatoms. The average molecular weight is 454 g/mol. The molecule has 5 rings (SSSR count). The van der Waals surface area contributed by atoms with E-state index in [0.717, 1.165) is 29.5 Å². The number of amides is 1. The summed E-state index contributed by atoms with van der Waals surface area (Å²) in [4.78, 5) is 49.7. The van der Waals surface area contributed by atoms with Gasteiger partial charge in [-0.2, -0.15) is 0 Å². The van der Waals surface area contributed by atoms with Gasteiger partial charge in [0, 0.05) is 48.8 Å². The number of fused-ring (bicyclic) bond motifs is 3. The van der Waals surface area contributed by atoms with E-state index in [0.29, 0.717) is 44.1 Å². The third-order valence-electron chi connectivity index (χ3n) is 6.21. The van der Waals surface area contributed by atoms with Crippen molar-refractivity contribution in [2.45, 2.75) is 32.2 Å². The molecule has 1 saturated heterocycles. The first-order valence-corrected chi connectivity index (χ1v) is 11.6. The summed E-state index contributed by atoms with van der Waals surface area (Å²) < 4.78 is 0. The normalized spacial score (nSPS) is 16.8. The minimum Gasteiger partial charge on any atom is -0.336 e. The average Bonchev–Trinajstić information content (AvgIpc) is 3.18. The number of nitro benzene ring substituents is 1. The predicted molar refractivity (Wildman–Crippen MR) is 121 cm³/mol. The summed E-state index contributed by atoms with van der Waals surface area (Å²) in [5.74, 6) is 0.449. The summed E-state index contributed by atoms with van der Waals surface area (Å²) >= 11 is 1.64. The van der Waals surface area contributed by atoms with Gasteiger partial charge in [0.15, 0.2) is 0 Å². The first-order chi connectivity index (χ1) is 15.5. The Morgan fingerprint density at radius 2 is 1.97 bits per heavy atom. The van der Waals surface area contributed by atoms with Crippen LogP contribution in [-0.4, -0.2) is 56.8 Å². The van der Waals surface area contributed by atoms with Crippen LogP contribution in [0.4, 0.5) is 5.69 Å². The molecule has 0 bridgehead atoms. The van der Waals surface area contributed by atoms with Crippen molar-refractivity contribution in [3.63, 3.8) is 0 Å². The van der Waals surface area contributed by atoms with Crippen molar-refractivity contribution >= 4 is 33.1 Å². The summed E-state index contributed by atoms with van der Waals surface area (Å²) in [6.07, 6.45) is 4.29. The second-order valence-corrected chi connectivity index (χ2v) is 9.36. The number of hydrogen-bond donors (Lipinski definition) is 1. The second-order valence-electron chi connectivity index (χ2n) is 8.28. The van der Waals surface area contributed by atoms with Gasteiger partial charge in [-0.15, -0.1) is 11.3 Å². The molecule has 0 radical (unpaired) electrons. The largest absolute Gasteiger partial charge is 0.336 e. The van der Waals surface area contributed by atoms with Gasteiger partial charge in [0.25, 0.3) is 17.2 Å². The van der Waals surface area contributed by atoms with E-state index in [9.17, 15) is 19.7 Å². The molecule has 2 aliphatic rings. The van der Waals surface area contributed by atoms with Gasteiger partial charge >= 0.3 is 0 Å². The SMILES string of the molecule is O=C(c1cccc([N+](=O)[O-])c1)N1CCN(Cc2nc3sc4c(c3c(=O)[nH]2)CCCC4)CC1.